The number of fused-ring (bicyclic) bond motifs is 1. The van der Waals surface area contributed by atoms with E-state index in [4.69, 9.17) is 15.5 Å². The van der Waals surface area contributed by atoms with Gasteiger partial charge < -0.3 is 19.9 Å². The average molecular weight is 455 g/mol. The van der Waals surface area contributed by atoms with Gasteiger partial charge in [-0.05, 0) is 68.9 Å². The van der Waals surface area contributed by atoms with Crippen molar-refractivity contribution in [3.63, 3.8) is 0 Å². The van der Waals surface area contributed by atoms with Gasteiger partial charge in [0.25, 0.3) is 0 Å². The number of anilines is 2. The number of nitrogens with zero attached hydrogens (tertiary/aromatic N) is 3. The molecule has 1 aromatic heterocycles. The Bertz CT molecular complexity index is 1190. The van der Waals surface area contributed by atoms with Crippen molar-refractivity contribution in [1.82, 2.24) is 9.55 Å². The average Bonchev–Trinajstić information content (AvgIpc) is 3.19. The first kappa shape index (κ1) is 21.8. The van der Waals surface area contributed by atoms with E-state index in [0.29, 0.717) is 30.6 Å². The number of piperidine rings is 1. The van der Waals surface area contributed by atoms with E-state index in [1.54, 1.807) is 12.0 Å². The SMILES string of the molecule is CO[C@H]1CC[C@H](n2c(C3CCCC(=O)N3c3ccc(F)c(F)c3)nc3cc(N)ccc32)CC1. The summed E-state index contributed by atoms with van der Waals surface area (Å²) >= 11 is 0. The smallest absolute Gasteiger partial charge is 0.227 e. The summed E-state index contributed by atoms with van der Waals surface area (Å²) in [6.45, 7) is 0. The maximum atomic E-state index is 14.1. The number of imidazole rings is 1. The van der Waals surface area contributed by atoms with Gasteiger partial charge in [0.1, 0.15) is 5.82 Å². The fraction of sp³-hybridized carbons (Fsp3) is 0.440. The predicted molar refractivity (Wildman–Crippen MR) is 123 cm³/mol. The predicted octanol–water partition coefficient (Wildman–Crippen LogP) is 5.29. The molecule has 0 spiro atoms. The van der Waals surface area contributed by atoms with Crippen LogP contribution in [0.4, 0.5) is 20.2 Å². The van der Waals surface area contributed by atoms with E-state index >= 15 is 0 Å². The van der Waals surface area contributed by atoms with E-state index in [2.05, 4.69) is 4.57 Å². The summed E-state index contributed by atoms with van der Waals surface area (Å²) < 4.78 is 35.5. The molecule has 2 aliphatic rings. The largest absolute Gasteiger partial charge is 0.399 e. The van der Waals surface area contributed by atoms with Crippen LogP contribution >= 0.6 is 0 Å². The second-order valence-electron chi connectivity index (χ2n) is 9.02. The van der Waals surface area contributed by atoms with Gasteiger partial charge in [-0.3, -0.25) is 4.79 Å². The van der Waals surface area contributed by atoms with Crippen LogP contribution in [0.5, 0.6) is 0 Å². The summed E-state index contributed by atoms with van der Waals surface area (Å²) in [5.74, 6) is -1.24. The quantitative estimate of drug-likeness (QED) is 0.544. The van der Waals surface area contributed by atoms with Crippen LogP contribution in [-0.4, -0.2) is 28.7 Å². The Balaban J connectivity index is 1.62. The number of rotatable bonds is 4. The van der Waals surface area contributed by atoms with E-state index in [1.165, 1.54) is 6.07 Å². The summed E-state index contributed by atoms with van der Waals surface area (Å²) in [7, 11) is 1.75. The molecule has 1 aliphatic heterocycles. The molecule has 2 N–H and O–H groups in total. The Kier molecular flexibility index (Phi) is 5.78. The number of amides is 1. The number of hydrogen-bond donors (Lipinski definition) is 1. The van der Waals surface area contributed by atoms with Crippen LogP contribution in [0.15, 0.2) is 36.4 Å². The maximum Gasteiger partial charge on any atom is 0.227 e. The lowest BCUT2D eigenvalue weighted by atomic mass is 9.92. The number of carbonyl (C=O) groups excluding carboxylic acids is 1. The normalized spacial score (nSPS) is 23.9. The summed E-state index contributed by atoms with van der Waals surface area (Å²) in [5, 5.41) is 0. The van der Waals surface area contributed by atoms with Crippen LogP contribution in [0.3, 0.4) is 0 Å². The molecule has 2 aromatic carbocycles. The van der Waals surface area contributed by atoms with Gasteiger partial charge in [0.15, 0.2) is 11.6 Å². The molecule has 8 heteroatoms. The summed E-state index contributed by atoms with van der Waals surface area (Å²) in [6, 6.07) is 9.17. The van der Waals surface area contributed by atoms with Crippen molar-refractivity contribution in [2.75, 3.05) is 17.7 Å². The Morgan fingerprint density at radius 3 is 2.55 bits per heavy atom. The second kappa shape index (κ2) is 8.74. The lowest BCUT2D eigenvalue weighted by Crippen LogP contribution is -2.40. The molecule has 1 saturated heterocycles. The number of methoxy groups -OCH3 is 1. The molecule has 6 nitrogen and oxygen atoms in total. The van der Waals surface area contributed by atoms with Crippen LogP contribution in [-0.2, 0) is 9.53 Å². The molecule has 33 heavy (non-hydrogen) atoms. The molecular formula is C25H28F2N4O2. The first-order chi connectivity index (χ1) is 16.0. The molecule has 1 amide bonds. The van der Waals surface area contributed by atoms with Gasteiger partial charge in [-0.1, -0.05) is 0 Å². The van der Waals surface area contributed by atoms with Gasteiger partial charge in [0.05, 0.1) is 23.2 Å². The fourth-order valence-corrected chi connectivity index (χ4v) is 5.37. The number of nitrogens with two attached hydrogens (primary N) is 1. The van der Waals surface area contributed by atoms with Crippen LogP contribution in [0.2, 0.25) is 0 Å². The van der Waals surface area contributed by atoms with E-state index in [0.717, 1.165) is 54.7 Å². The topological polar surface area (TPSA) is 73.4 Å². The van der Waals surface area contributed by atoms with Crippen molar-refractivity contribution in [3.05, 3.63) is 53.9 Å². The fourth-order valence-electron chi connectivity index (χ4n) is 5.37. The van der Waals surface area contributed by atoms with Gasteiger partial charge in [-0.2, -0.15) is 0 Å². The number of ether oxygens (including phenoxy) is 1. The Morgan fingerprint density at radius 1 is 1.03 bits per heavy atom. The van der Waals surface area contributed by atoms with Gasteiger partial charge in [0, 0.05) is 37.0 Å². The van der Waals surface area contributed by atoms with E-state index in [1.807, 2.05) is 18.2 Å². The number of halogens is 2. The van der Waals surface area contributed by atoms with Crippen LogP contribution < -0.4 is 10.6 Å². The molecule has 2 fully saturated rings. The highest BCUT2D eigenvalue weighted by atomic mass is 19.2. The minimum atomic E-state index is -0.969. The number of hydrogen-bond acceptors (Lipinski definition) is 4. The minimum Gasteiger partial charge on any atom is -0.399 e. The first-order valence-corrected chi connectivity index (χ1v) is 11.5. The zero-order valence-electron chi connectivity index (χ0n) is 18.6. The number of nitrogen functional groups attached to an aromatic ring is 1. The highest BCUT2D eigenvalue weighted by Gasteiger charge is 2.36. The molecule has 2 heterocycles. The number of carbonyl (C=O) groups is 1. The zero-order chi connectivity index (χ0) is 23.1. The van der Waals surface area contributed by atoms with E-state index in [-0.39, 0.29) is 24.1 Å². The van der Waals surface area contributed by atoms with Crippen LogP contribution in [0, 0.1) is 11.6 Å². The summed E-state index contributed by atoms with van der Waals surface area (Å²) in [5.41, 5.74) is 8.77. The molecule has 0 bridgehead atoms. The molecule has 5 rings (SSSR count). The maximum absolute atomic E-state index is 14.1. The Hall–Kier alpha value is -3.00. The van der Waals surface area contributed by atoms with E-state index in [9.17, 15) is 13.6 Å². The van der Waals surface area contributed by atoms with Gasteiger partial charge in [-0.15, -0.1) is 0 Å². The molecule has 1 aliphatic carbocycles. The molecule has 174 valence electrons. The highest BCUT2D eigenvalue weighted by Crippen LogP contribution is 2.41. The van der Waals surface area contributed by atoms with Crippen molar-refractivity contribution in [2.24, 2.45) is 0 Å². The minimum absolute atomic E-state index is 0.113. The Labute approximate surface area is 191 Å². The third-order valence-electron chi connectivity index (χ3n) is 7.01. The van der Waals surface area contributed by atoms with Gasteiger partial charge in [0.2, 0.25) is 5.91 Å². The summed E-state index contributed by atoms with van der Waals surface area (Å²) in [6.07, 6.45) is 5.80. The lowest BCUT2D eigenvalue weighted by molar-refractivity contribution is -0.120. The third-order valence-corrected chi connectivity index (χ3v) is 7.01. The van der Waals surface area contributed by atoms with Crippen molar-refractivity contribution in [3.8, 4) is 0 Å². The highest BCUT2D eigenvalue weighted by molar-refractivity contribution is 5.95. The van der Waals surface area contributed by atoms with Gasteiger partial charge in [-0.25, -0.2) is 13.8 Å². The molecule has 3 aromatic rings. The van der Waals surface area contributed by atoms with Crippen molar-refractivity contribution in [1.29, 1.82) is 0 Å². The second-order valence-corrected chi connectivity index (χ2v) is 9.02. The van der Waals surface area contributed by atoms with Crippen molar-refractivity contribution >= 4 is 28.3 Å². The number of benzene rings is 2. The standard InChI is InChI=1S/C25H28F2N4O2/c1-33-18-9-6-16(7-10-18)31-22-12-5-15(28)13-21(22)29-25(31)23-3-2-4-24(32)30(23)17-8-11-19(26)20(27)14-17/h5,8,11-14,16,18,23H,2-4,6-7,9-10,28H2,1H3/t16-,18-,23?. The van der Waals surface area contributed by atoms with Crippen molar-refractivity contribution in [2.45, 2.75) is 63.1 Å². The summed E-state index contributed by atoms with van der Waals surface area (Å²) in [4.78, 5) is 19.6. The molecule has 0 radical (unpaired) electrons. The van der Waals surface area contributed by atoms with E-state index < -0.39 is 11.6 Å². The first-order valence-electron chi connectivity index (χ1n) is 11.5. The zero-order valence-corrected chi connectivity index (χ0v) is 18.6. The number of aromatic nitrogens is 2. The lowest BCUT2D eigenvalue weighted by Gasteiger charge is -2.37. The third kappa shape index (κ3) is 3.97. The molecule has 1 unspecified atom stereocenters. The molecule has 1 atom stereocenters. The monoisotopic (exact) mass is 454 g/mol. The van der Waals surface area contributed by atoms with Crippen molar-refractivity contribution < 1.29 is 18.3 Å². The van der Waals surface area contributed by atoms with Crippen LogP contribution in [0.25, 0.3) is 11.0 Å². The van der Waals surface area contributed by atoms with Crippen LogP contribution in [0.1, 0.15) is 62.9 Å². The van der Waals surface area contributed by atoms with Gasteiger partial charge >= 0.3 is 0 Å². The molecule has 1 saturated carbocycles. The molecular weight excluding hydrogens is 426 g/mol. The Morgan fingerprint density at radius 2 is 1.82 bits per heavy atom.